The lowest BCUT2D eigenvalue weighted by Crippen LogP contribution is -2.29. The molecule has 0 atom stereocenters. The fraction of sp³-hybridized carbons (Fsp3) is 0.750. The molecule has 1 rings (SSSR count). The lowest BCUT2D eigenvalue weighted by molar-refractivity contribution is 0.287. The van der Waals surface area contributed by atoms with Gasteiger partial charge in [0.15, 0.2) is 0 Å². The summed E-state index contributed by atoms with van der Waals surface area (Å²) in [6, 6.07) is 0. The second-order valence-electron chi connectivity index (χ2n) is 4.09. The third kappa shape index (κ3) is 4.66. The number of hydrogen-bond acceptors (Lipinski definition) is 2. The third-order valence-corrected chi connectivity index (χ3v) is 3.16. The standard InChI is InChI=1S/C12H22BrN3/c1-3-4-8-16(10-6-13)9-5-12-14-7-11-15(12)2/h7,11H,3-6,8-10H2,1-2H3. The van der Waals surface area contributed by atoms with E-state index in [1.165, 1.54) is 25.2 Å². The lowest BCUT2D eigenvalue weighted by atomic mass is 10.3. The van der Waals surface area contributed by atoms with Crippen LogP contribution in [0.2, 0.25) is 0 Å². The number of aromatic nitrogens is 2. The predicted molar refractivity (Wildman–Crippen MR) is 72.1 cm³/mol. The van der Waals surface area contributed by atoms with Crippen molar-refractivity contribution < 1.29 is 0 Å². The van der Waals surface area contributed by atoms with Crippen LogP contribution in [0, 0.1) is 0 Å². The Morgan fingerprint density at radius 3 is 2.75 bits per heavy atom. The Morgan fingerprint density at radius 1 is 1.38 bits per heavy atom. The highest BCUT2D eigenvalue weighted by atomic mass is 79.9. The maximum absolute atomic E-state index is 4.35. The van der Waals surface area contributed by atoms with Gasteiger partial charge in [-0.15, -0.1) is 0 Å². The molecule has 0 fully saturated rings. The molecule has 1 aromatic heterocycles. The van der Waals surface area contributed by atoms with E-state index in [0.717, 1.165) is 24.8 Å². The van der Waals surface area contributed by atoms with Crippen molar-refractivity contribution in [3.63, 3.8) is 0 Å². The fourth-order valence-corrected chi connectivity index (χ4v) is 2.23. The van der Waals surface area contributed by atoms with Crippen LogP contribution in [0.5, 0.6) is 0 Å². The molecule has 0 saturated carbocycles. The molecular weight excluding hydrogens is 266 g/mol. The van der Waals surface area contributed by atoms with Gasteiger partial charge in [-0.3, -0.25) is 0 Å². The molecule has 3 nitrogen and oxygen atoms in total. The number of aryl methyl sites for hydroxylation is 1. The molecule has 0 aliphatic heterocycles. The van der Waals surface area contributed by atoms with Gasteiger partial charge in [0.1, 0.15) is 5.82 Å². The summed E-state index contributed by atoms with van der Waals surface area (Å²) in [4.78, 5) is 6.86. The molecule has 0 spiro atoms. The van der Waals surface area contributed by atoms with Crippen LogP contribution in [-0.4, -0.2) is 39.4 Å². The zero-order valence-electron chi connectivity index (χ0n) is 10.3. The first kappa shape index (κ1) is 13.7. The number of unbranched alkanes of at least 4 members (excludes halogenated alkanes) is 1. The summed E-state index contributed by atoms with van der Waals surface area (Å²) in [5.74, 6) is 1.18. The van der Waals surface area contributed by atoms with Crippen LogP contribution in [0.3, 0.4) is 0 Å². The summed E-state index contributed by atoms with van der Waals surface area (Å²) >= 11 is 3.51. The van der Waals surface area contributed by atoms with Gasteiger partial charge in [-0.25, -0.2) is 4.98 Å². The lowest BCUT2D eigenvalue weighted by Gasteiger charge is -2.20. The number of hydrogen-bond donors (Lipinski definition) is 0. The summed E-state index contributed by atoms with van der Waals surface area (Å²) in [6.45, 7) is 5.68. The summed E-state index contributed by atoms with van der Waals surface area (Å²) in [5, 5.41) is 1.05. The fourth-order valence-electron chi connectivity index (χ4n) is 1.73. The van der Waals surface area contributed by atoms with Crippen molar-refractivity contribution >= 4 is 15.9 Å². The van der Waals surface area contributed by atoms with Crippen molar-refractivity contribution in [1.29, 1.82) is 0 Å². The van der Waals surface area contributed by atoms with Crippen molar-refractivity contribution in [3.05, 3.63) is 18.2 Å². The van der Waals surface area contributed by atoms with Gasteiger partial charge in [-0.05, 0) is 13.0 Å². The molecule has 1 aromatic rings. The molecule has 0 unspecified atom stereocenters. The van der Waals surface area contributed by atoms with Crippen LogP contribution in [-0.2, 0) is 13.5 Å². The first-order valence-corrected chi connectivity index (χ1v) is 7.14. The Labute approximate surface area is 107 Å². The number of alkyl halides is 1. The molecule has 0 aliphatic carbocycles. The third-order valence-electron chi connectivity index (χ3n) is 2.80. The van der Waals surface area contributed by atoms with Crippen LogP contribution in [0.4, 0.5) is 0 Å². The largest absolute Gasteiger partial charge is 0.338 e. The number of nitrogens with zero attached hydrogens (tertiary/aromatic N) is 3. The highest BCUT2D eigenvalue weighted by Gasteiger charge is 2.05. The van der Waals surface area contributed by atoms with E-state index in [1.54, 1.807) is 0 Å². The molecule has 0 aromatic carbocycles. The molecule has 1 heterocycles. The summed E-state index contributed by atoms with van der Waals surface area (Å²) < 4.78 is 2.10. The minimum Gasteiger partial charge on any atom is -0.338 e. The highest BCUT2D eigenvalue weighted by molar-refractivity contribution is 9.09. The van der Waals surface area contributed by atoms with E-state index in [9.17, 15) is 0 Å². The van der Waals surface area contributed by atoms with E-state index in [0.29, 0.717) is 0 Å². The molecule has 0 amide bonds. The second kappa shape index (κ2) is 7.85. The monoisotopic (exact) mass is 287 g/mol. The Kier molecular flexibility index (Phi) is 6.73. The highest BCUT2D eigenvalue weighted by Crippen LogP contribution is 2.01. The molecule has 0 bridgehead atoms. The molecule has 0 N–H and O–H groups in total. The molecule has 0 radical (unpaired) electrons. The van der Waals surface area contributed by atoms with Crippen molar-refractivity contribution in [2.24, 2.45) is 7.05 Å². The molecular formula is C12H22BrN3. The number of rotatable bonds is 8. The summed E-state index contributed by atoms with van der Waals surface area (Å²) in [7, 11) is 2.06. The molecule has 0 aliphatic rings. The van der Waals surface area contributed by atoms with E-state index in [4.69, 9.17) is 0 Å². The minimum atomic E-state index is 1.04. The maximum Gasteiger partial charge on any atom is 0.109 e. The van der Waals surface area contributed by atoms with E-state index in [-0.39, 0.29) is 0 Å². The van der Waals surface area contributed by atoms with Crippen molar-refractivity contribution in [2.45, 2.75) is 26.2 Å². The zero-order valence-corrected chi connectivity index (χ0v) is 11.9. The van der Waals surface area contributed by atoms with Crippen LogP contribution in [0.15, 0.2) is 12.4 Å². The van der Waals surface area contributed by atoms with Crippen LogP contribution in [0.25, 0.3) is 0 Å². The van der Waals surface area contributed by atoms with Gasteiger partial charge in [-0.1, -0.05) is 29.3 Å². The normalized spacial score (nSPS) is 11.2. The van der Waals surface area contributed by atoms with Gasteiger partial charge in [0, 0.05) is 44.3 Å². The predicted octanol–water partition coefficient (Wildman–Crippen LogP) is 2.46. The average molecular weight is 288 g/mol. The van der Waals surface area contributed by atoms with E-state index >= 15 is 0 Å². The summed E-state index contributed by atoms with van der Waals surface area (Å²) in [5.41, 5.74) is 0. The zero-order chi connectivity index (χ0) is 11.8. The second-order valence-corrected chi connectivity index (χ2v) is 4.88. The molecule has 4 heteroatoms. The minimum absolute atomic E-state index is 1.04. The number of halogens is 1. The Morgan fingerprint density at radius 2 is 2.19 bits per heavy atom. The summed E-state index contributed by atoms with van der Waals surface area (Å²) in [6.07, 6.45) is 7.47. The van der Waals surface area contributed by atoms with Gasteiger partial charge in [0.2, 0.25) is 0 Å². The van der Waals surface area contributed by atoms with Gasteiger partial charge in [0.05, 0.1) is 0 Å². The van der Waals surface area contributed by atoms with Gasteiger partial charge < -0.3 is 9.47 Å². The Hall–Kier alpha value is -0.350. The maximum atomic E-state index is 4.35. The molecule has 16 heavy (non-hydrogen) atoms. The van der Waals surface area contributed by atoms with E-state index in [1.807, 2.05) is 12.4 Å². The van der Waals surface area contributed by atoms with Gasteiger partial charge in [-0.2, -0.15) is 0 Å². The Bertz CT molecular complexity index is 286. The molecule has 0 saturated heterocycles. The van der Waals surface area contributed by atoms with Crippen molar-refractivity contribution in [1.82, 2.24) is 14.5 Å². The first-order valence-electron chi connectivity index (χ1n) is 6.02. The van der Waals surface area contributed by atoms with Crippen LogP contribution >= 0.6 is 15.9 Å². The van der Waals surface area contributed by atoms with E-state index in [2.05, 4.69) is 44.4 Å². The van der Waals surface area contributed by atoms with Crippen molar-refractivity contribution in [3.8, 4) is 0 Å². The van der Waals surface area contributed by atoms with Gasteiger partial charge in [0.25, 0.3) is 0 Å². The quantitative estimate of drug-likeness (QED) is 0.685. The number of imidazole rings is 1. The first-order chi connectivity index (χ1) is 7.77. The Balaban J connectivity index is 2.34. The molecule has 92 valence electrons. The van der Waals surface area contributed by atoms with Crippen molar-refractivity contribution in [2.75, 3.05) is 25.0 Å². The van der Waals surface area contributed by atoms with Gasteiger partial charge >= 0.3 is 0 Å². The average Bonchev–Trinajstić information content (AvgIpc) is 2.68. The van der Waals surface area contributed by atoms with E-state index < -0.39 is 0 Å². The smallest absolute Gasteiger partial charge is 0.109 e. The van der Waals surface area contributed by atoms with Crippen LogP contribution < -0.4 is 0 Å². The SMILES string of the molecule is CCCCN(CCBr)CCc1nccn1C. The topological polar surface area (TPSA) is 21.1 Å². The van der Waals surface area contributed by atoms with Crippen LogP contribution in [0.1, 0.15) is 25.6 Å².